The number of hydrogen-bond acceptors (Lipinski definition) is 3. The zero-order valence-corrected chi connectivity index (χ0v) is 9.61. The minimum Gasteiger partial charge on any atom is -0.508 e. The number of aromatic hydroxyl groups is 1. The van der Waals surface area contributed by atoms with Crippen LogP contribution in [-0.4, -0.2) is 23.4 Å². The number of hydrogen-bond donors (Lipinski definition) is 3. The summed E-state index contributed by atoms with van der Waals surface area (Å²) in [6.07, 6.45) is 2.25. The summed E-state index contributed by atoms with van der Waals surface area (Å²) < 4.78 is 0. The Kier molecular flexibility index (Phi) is 3.17. The summed E-state index contributed by atoms with van der Waals surface area (Å²) in [5.41, 5.74) is 1.30. The lowest BCUT2D eigenvalue weighted by atomic mass is 10.1. The van der Waals surface area contributed by atoms with Gasteiger partial charge in [-0.2, -0.15) is 0 Å². The van der Waals surface area contributed by atoms with Gasteiger partial charge in [0.15, 0.2) is 0 Å². The molecule has 0 bridgehead atoms. The van der Waals surface area contributed by atoms with Crippen LogP contribution in [0, 0.1) is 5.41 Å². The van der Waals surface area contributed by atoms with Crippen molar-refractivity contribution in [2.45, 2.75) is 25.8 Å². The van der Waals surface area contributed by atoms with Crippen LogP contribution in [0.25, 0.3) is 0 Å². The monoisotopic (exact) mass is 221 g/mol. The molecule has 0 aromatic heterocycles. The Hall–Kier alpha value is -1.06. The molecule has 1 aromatic carbocycles. The highest BCUT2D eigenvalue weighted by atomic mass is 16.3. The third-order valence-electron chi connectivity index (χ3n) is 3.47. The Morgan fingerprint density at radius 1 is 1.31 bits per heavy atom. The molecule has 1 saturated carbocycles. The molecule has 0 heterocycles. The number of aliphatic hydroxyl groups is 1. The van der Waals surface area contributed by atoms with Gasteiger partial charge in [0.05, 0.1) is 0 Å². The van der Waals surface area contributed by atoms with Gasteiger partial charge in [-0.05, 0) is 37.5 Å². The van der Waals surface area contributed by atoms with Crippen molar-refractivity contribution in [3.8, 4) is 5.75 Å². The van der Waals surface area contributed by atoms with E-state index in [1.165, 1.54) is 0 Å². The molecule has 1 aliphatic carbocycles. The molecule has 3 N–H and O–H groups in total. The summed E-state index contributed by atoms with van der Waals surface area (Å²) in [6, 6.07) is 7.50. The van der Waals surface area contributed by atoms with E-state index in [1.807, 2.05) is 12.1 Å². The molecule has 0 aliphatic heterocycles. The molecule has 3 nitrogen and oxygen atoms in total. The number of phenolic OH excluding ortho intramolecular Hbond substituents is 1. The van der Waals surface area contributed by atoms with Crippen LogP contribution >= 0.6 is 0 Å². The smallest absolute Gasteiger partial charge is 0.115 e. The average molecular weight is 221 g/mol. The molecule has 1 fully saturated rings. The molecular formula is C13H19NO2. The van der Waals surface area contributed by atoms with Gasteiger partial charge in [0, 0.05) is 24.6 Å². The summed E-state index contributed by atoms with van der Waals surface area (Å²) in [5.74, 6) is 0.296. The van der Waals surface area contributed by atoms with Crippen molar-refractivity contribution in [3.05, 3.63) is 29.8 Å². The van der Waals surface area contributed by atoms with Crippen LogP contribution in [0.4, 0.5) is 0 Å². The second kappa shape index (κ2) is 4.44. The second-order valence-corrected chi connectivity index (χ2v) is 4.85. The molecule has 0 saturated heterocycles. The summed E-state index contributed by atoms with van der Waals surface area (Å²) in [5, 5.41) is 21.8. The molecule has 0 radical (unpaired) electrons. The summed E-state index contributed by atoms with van der Waals surface area (Å²) in [7, 11) is 0. The number of rotatable bonds is 5. The van der Waals surface area contributed by atoms with Gasteiger partial charge in [-0.3, -0.25) is 0 Å². The molecular weight excluding hydrogens is 202 g/mol. The Morgan fingerprint density at radius 2 is 1.94 bits per heavy atom. The van der Waals surface area contributed by atoms with Crippen LogP contribution in [0.1, 0.15) is 31.4 Å². The molecule has 2 rings (SSSR count). The first-order valence-corrected chi connectivity index (χ1v) is 5.78. The van der Waals surface area contributed by atoms with Crippen LogP contribution in [0.5, 0.6) is 5.75 Å². The molecule has 3 heteroatoms. The minimum absolute atomic E-state index is 0.144. The molecule has 1 unspecified atom stereocenters. The van der Waals surface area contributed by atoms with Gasteiger partial charge >= 0.3 is 0 Å². The van der Waals surface area contributed by atoms with Crippen LogP contribution < -0.4 is 5.32 Å². The third kappa shape index (κ3) is 2.54. The Morgan fingerprint density at radius 3 is 2.44 bits per heavy atom. The quantitative estimate of drug-likeness (QED) is 0.711. The fourth-order valence-corrected chi connectivity index (χ4v) is 1.82. The highest BCUT2D eigenvalue weighted by molar-refractivity contribution is 5.27. The normalized spacial score (nSPS) is 19.4. The molecule has 1 aliphatic rings. The fourth-order valence-electron chi connectivity index (χ4n) is 1.82. The maximum absolute atomic E-state index is 9.20. The minimum atomic E-state index is 0.144. The predicted octanol–water partition coefficient (Wildman–Crippen LogP) is 1.82. The first kappa shape index (κ1) is 11.4. The Labute approximate surface area is 96.1 Å². The highest BCUT2D eigenvalue weighted by Gasteiger charge is 2.41. The van der Waals surface area contributed by atoms with Gasteiger partial charge in [-0.25, -0.2) is 0 Å². The first-order valence-electron chi connectivity index (χ1n) is 5.78. The maximum Gasteiger partial charge on any atom is 0.115 e. The van der Waals surface area contributed by atoms with E-state index in [0.29, 0.717) is 5.75 Å². The van der Waals surface area contributed by atoms with Gasteiger partial charge in [-0.1, -0.05) is 12.1 Å². The summed E-state index contributed by atoms with van der Waals surface area (Å²) >= 11 is 0. The van der Waals surface area contributed by atoms with Gasteiger partial charge in [-0.15, -0.1) is 0 Å². The van der Waals surface area contributed by atoms with Crippen LogP contribution in [0.2, 0.25) is 0 Å². The molecule has 16 heavy (non-hydrogen) atoms. The Balaban J connectivity index is 1.88. The van der Waals surface area contributed by atoms with Crippen molar-refractivity contribution in [3.63, 3.8) is 0 Å². The number of aliphatic hydroxyl groups excluding tert-OH is 1. The number of benzene rings is 1. The predicted molar refractivity (Wildman–Crippen MR) is 63.3 cm³/mol. The molecule has 0 spiro atoms. The number of nitrogens with one attached hydrogen (secondary N) is 1. The van der Waals surface area contributed by atoms with Crippen molar-refractivity contribution < 1.29 is 10.2 Å². The van der Waals surface area contributed by atoms with E-state index < -0.39 is 0 Å². The van der Waals surface area contributed by atoms with Crippen molar-refractivity contribution in [2.24, 2.45) is 5.41 Å². The topological polar surface area (TPSA) is 52.5 Å². The van der Waals surface area contributed by atoms with Crippen molar-refractivity contribution in [2.75, 3.05) is 13.2 Å². The van der Waals surface area contributed by atoms with Crippen LogP contribution in [-0.2, 0) is 0 Å². The molecule has 1 atom stereocenters. The van der Waals surface area contributed by atoms with Gasteiger partial charge < -0.3 is 15.5 Å². The second-order valence-electron chi connectivity index (χ2n) is 4.85. The highest BCUT2D eigenvalue weighted by Crippen LogP contribution is 2.44. The van der Waals surface area contributed by atoms with Gasteiger partial charge in [0.25, 0.3) is 0 Å². The Bertz CT molecular complexity index is 343. The van der Waals surface area contributed by atoms with E-state index in [1.54, 1.807) is 12.1 Å². The third-order valence-corrected chi connectivity index (χ3v) is 3.47. The molecule has 1 aromatic rings. The number of phenols is 1. The SMILES string of the molecule is CC(NCC1(CO)CC1)c1ccc(O)cc1. The molecule has 88 valence electrons. The van der Waals surface area contributed by atoms with Crippen molar-refractivity contribution in [1.29, 1.82) is 0 Å². The zero-order valence-electron chi connectivity index (χ0n) is 9.61. The van der Waals surface area contributed by atoms with E-state index in [9.17, 15) is 10.2 Å². The van der Waals surface area contributed by atoms with Gasteiger partial charge in [0.1, 0.15) is 5.75 Å². The standard InChI is InChI=1S/C13H19NO2/c1-10(11-2-4-12(16)5-3-11)14-8-13(9-15)6-7-13/h2-5,10,14-16H,6-9H2,1H3. The van der Waals surface area contributed by atoms with Crippen molar-refractivity contribution in [1.82, 2.24) is 5.32 Å². The lowest BCUT2D eigenvalue weighted by Crippen LogP contribution is -2.28. The van der Waals surface area contributed by atoms with Crippen LogP contribution in [0.3, 0.4) is 0 Å². The zero-order chi connectivity index (χ0) is 11.6. The summed E-state index contributed by atoms with van der Waals surface area (Å²) in [6.45, 7) is 3.24. The summed E-state index contributed by atoms with van der Waals surface area (Å²) in [4.78, 5) is 0. The van der Waals surface area contributed by atoms with E-state index in [2.05, 4.69) is 12.2 Å². The largest absolute Gasteiger partial charge is 0.508 e. The van der Waals surface area contributed by atoms with Gasteiger partial charge in [0.2, 0.25) is 0 Å². The fraction of sp³-hybridized carbons (Fsp3) is 0.538. The van der Waals surface area contributed by atoms with E-state index in [4.69, 9.17) is 0 Å². The lowest BCUT2D eigenvalue weighted by Gasteiger charge is -2.18. The average Bonchev–Trinajstić information content (AvgIpc) is 3.08. The van der Waals surface area contributed by atoms with E-state index in [0.717, 1.165) is 24.9 Å². The van der Waals surface area contributed by atoms with Crippen molar-refractivity contribution >= 4 is 0 Å². The van der Waals surface area contributed by atoms with E-state index in [-0.39, 0.29) is 18.1 Å². The maximum atomic E-state index is 9.20. The first-order chi connectivity index (χ1) is 7.65. The van der Waals surface area contributed by atoms with E-state index >= 15 is 0 Å². The molecule has 0 amide bonds. The van der Waals surface area contributed by atoms with Crippen LogP contribution in [0.15, 0.2) is 24.3 Å². The lowest BCUT2D eigenvalue weighted by molar-refractivity contribution is 0.204.